The van der Waals surface area contributed by atoms with E-state index >= 15 is 0 Å². The second-order valence-electron chi connectivity index (χ2n) is 6.29. The third-order valence-corrected chi connectivity index (χ3v) is 4.64. The predicted molar refractivity (Wildman–Crippen MR) is 102 cm³/mol. The minimum Gasteiger partial charge on any atom is -0.483 e. The van der Waals surface area contributed by atoms with E-state index in [0.717, 1.165) is 22.4 Å². The van der Waals surface area contributed by atoms with Crippen molar-refractivity contribution in [3.8, 4) is 5.75 Å². The Morgan fingerprint density at radius 1 is 1.16 bits per heavy atom. The molecule has 1 amide bonds. The lowest BCUT2D eigenvalue weighted by molar-refractivity contribution is -0.123. The second-order valence-corrected chi connectivity index (χ2v) is 6.70. The molecule has 0 fully saturated rings. The van der Waals surface area contributed by atoms with Crippen LogP contribution in [-0.2, 0) is 4.79 Å². The van der Waals surface area contributed by atoms with Crippen LogP contribution < -0.4 is 10.1 Å². The summed E-state index contributed by atoms with van der Waals surface area (Å²) in [7, 11) is 3.93. The smallest absolute Gasteiger partial charge is 0.258 e. The van der Waals surface area contributed by atoms with Gasteiger partial charge in [-0.25, -0.2) is 0 Å². The molecule has 1 atom stereocenters. The Morgan fingerprint density at radius 2 is 1.88 bits per heavy atom. The number of rotatable bonds is 7. The molecule has 25 heavy (non-hydrogen) atoms. The van der Waals surface area contributed by atoms with Crippen molar-refractivity contribution in [3.05, 3.63) is 64.2 Å². The summed E-state index contributed by atoms with van der Waals surface area (Å²) in [5.74, 6) is 0.588. The first kappa shape index (κ1) is 19.3. The van der Waals surface area contributed by atoms with Crippen molar-refractivity contribution >= 4 is 17.5 Å². The second kappa shape index (κ2) is 8.88. The minimum atomic E-state index is -0.153. The molecule has 0 saturated heterocycles. The molecule has 0 aliphatic heterocycles. The summed E-state index contributed by atoms with van der Waals surface area (Å²) >= 11 is 6.29. The number of likely N-dealkylation sites (N-methyl/N-ethyl adjacent to an activating group) is 1. The summed E-state index contributed by atoms with van der Waals surface area (Å²) in [5, 5.41) is 3.63. The number of hydrogen-bond acceptors (Lipinski definition) is 3. The summed E-state index contributed by atoms with van der Waals surface area (Å²) in [6.45, 7) is 4.47. The highest BCUT2D eigenvalue weighted by Crippen LogP contribution is 2.25. The lowest BCUT2D eigenvalue weighted by Gasteiger charge is -2.26. The fourth-order valence-electron chi connectivity index (χ4n) is 2.60. The molecule has 0 radical (unpaired) electrons. The molecular weight excluding hydrogens is 336 g/mol. The highest BCUT2D eigenvalue weighted by Gasteiger charge is 2.18. The summed E-state index contributed by atoms with van der Waals surface area (Å²) in [4.78, 5) is 14.2. The maximum absolute atomic E-state index is 12.2. The van der Waals surface area contributed by atoms with Gasteiger partial charge in [0.25, 0.3) is 5.91 Å². The van der Waals surface area contributed by atoms with Crippen molar-refractivity contribution in [2.24, 2.45) is 0 Å². The molecule has 2 aromatic rings. The van der Waals surface area contributed by atoms with Crippen LogP contribution in [0.4, 0.5) is 0 Å². The van der Waals surface area contributed by atoms with E-state index in [9.17, 15) is 4.79 Å². The predicted octanol–water partition coefficient (Wildman–Crippen LogP) is 3.75. The largest absolute Gasteiger partial charge is 0.483 e. The first-order valence-electron chi connectivity index (χ1n) is 8.26. The Kier molecular flexibility index (Phi) is 6.85. The molecule has 4 nitrogen and oxygen atoms in total. The number of carbonyl (C=O) groups is 1. The van der Waals surface area contributed by atoms with Crippen LogP contribution in [0.2, 0.25) is 5.02 Å². The van der Waals surface area contributed by atoms with Crippen LogP contribution in [0, 0.1) is 13.8 Å². The quantitative estimate of drug-likeness (QED) is 0.817. The molecule has 134 valence electrons. The molecule has 0 heterocycles. The average Bonchev–Trinajstić information content (AvgIpc) is 2.57. The Hall–Kier alpha value is -2.04. The van der Waals surface area contributed by atoms with Crippen molar-refractivity contribution in [2.75, 3.05) is 27.2 Å². The monoisotopic (exact) mass is 360 g/mol. The van der Waals surface area contributed by atoms with Crippen molar-refractivity contribution in [2.45, 2.75) is 19.9 Å². The fourth-order valence-corrected chi connectivity index (χ4v) is 2.86. The fraction of sp³-hybridized carbons (Fsp3) is 0.350. The van der Waals surface area contributed by atoms with Gasteiger partial charge < -0.3 is 15.0 Å². The first-order valence-corrected chi connectivity index (χ1v) is 8.64. The van der Waals surface area contributed by atoms with Crippen LogP contribution in [-0.4, -0.2) is 38.1 Å². The molecule has 2 aromatic carbocycles. The van der Waals surface area contributed by atoms with E-state index in [1.165, 1.54) is 0 Å². The Balaban J connectivity index is 1.93. The SMILES string of the molecule is Cc1cccc(OCC(=O)NCC(c2ccccc2Cl)N(C)C)c1C. The number of aryl methyl sites for hydroxylation is 1. The zero-order valence-electron chi connectivity index (χ0n) is 15.2. The molecule has 0 spiro atoms. The van der Waals surface area contributed by atoms with E-state index in [0.29, 0.717) is 11.6 Å². The average molecular weight is 361 g/mol. The van der Waals surface area contributed by atoms with Gasteiger partial charge in [0.1, 0.15) is 5.75 Å². The molecule has 0 bridgehead atoms. The molecule has 0 aliphatic carbocycles. The van der Waals surface area contributed by atoms with Gasteiger partial charge in [0.15, 0.2) is 6.61 Å². The van der Waals surface area contributed by atoms with Gasteiger partial charge in [-0.05, 0) is 56.8 Å². The zero-order chi connectivity index (χ0) is 18.4. The molecule has 0 aliphatic rings. The highest BCUT2D eigenvalue weighted by atomic mass is 35.5. The van der Waals surface area contributed by atoms with Gasteiger partial charge in [0.2, 0.25) is 0 Å². The van der Waals surface area contributed by atoms with Crippen LogP contribution in [0.5, 0.6) is 5.75 Å². The van der Waals surface area contributed by atoms with Crippen LogP contribution in [0.3, 0.4) is 0 Å². The molecule has 5 heteroatoms. The van der Waals surface area contributed by atoms with Crippen molar-refractivity contribution in [3.63, 3.8) is 0 Å². The van der Waals surface area contributed by atoms with Gasteiger partial charge in [0, 0.05) is 11.6 Å². The first-order chi connectivity index (χ1) is 11.9. The van der Waals surface area contributed by atoms with E-state index < -0.39 is 0 Å². The third-order valence-electron chi connectivity index (χ3n) is 4.29. The Bertz CT molecular complexity index is 731. The molecule has 2 rings (SSSR count). The molecule has 0 saturated carbocycles. The van der Waals surface area contributed by atoms with E-state index in [1.54, 1.807) is 0 Å². The summed E-state index contributed by atoms with van der Waals surface area (Å²) in [5.41, 5.74) is 3.19. The van der Waals surface area contributed by atoms with Crippen molar-refractivity contribution in [1.29, 1.82) is 0 Å². The van der Waals surface area contributed by atoms with Crippen LogP contribution in [0.15, 0.2) is 42.5 Å². The standard InChI is InChI=1S/C20H25ClN2O2/c1-14-8-7-11-19(15(14)2)25-13-20(24)22-12-18(23(3)4)16-9-5-6-10-17(16)21/h5-11,18H,12-13H2,1-4H3,(H,22,24). The van der Waals surface area contributed by atoms with E-state index in [1.807, 2.05) is 75.3 Å². The van der Waals surface area contributed by atoms with Crippen molar-refractivity contribution < 1.29 is 9.53 Å². The lowest BCUT2D eigenvalue weighted by Crippen LogP contribution is -2.37. The van der Waals surface area contributed by atoms with Gasteiger partial charge in [-0.3, -0.25) is 4.79 Å². The van der Waals surface area contributed by atoms with Crippen LogP contribution in [0.1, 0.15) is 22.7 Å². The Labute approximate surface area is 154 Å². The highest BCUT2D eigenvalue weighted by molar-refractivity contribution is 6.31. The maximum atomic E-state index is 12.2. The van der Waals surface area contributed by atoms with Gasteiger partial charge in [-0.1, -0.05) is 41.9 Å². The van der Waals surface area contributed by atoms with Gasteiger partial charge >= 0.3 is 0 Å². The number of nitrogens with one attached hydrogen (secondary N) is 1. The maximum Gasteiger partial charge on any atom is 0.258 e. The number of halogens is 1. The van der Waals surface area contributed by atoms with Gasteiger partial charge in [-0.15, -0.1) is 0 Å². The van der Waals surface area contributed by atoms with Gasteiger partial charge in [-0.2, -0.15) is 0 Å². The number of hydrogen-bond donors (Lipinski definition) is 1. The van der Waals surface area contributed by atoms with Gasteiger partial charge in [0.05, 0.1) is 6.04 Å². The van der Waals surface area contributed by atoms with Crippen molar-refractivity contribution in [1.82, 2.24) is 10.2 Å². The molecular formula is C20H25ClN2O2. The number of nitrogens with zero attached hydrogens (tertiary/aromatic N) is 1. The normalized spacial score (nSPS) is 12.1. The number of carbonyl (C=O) groups excluding carboxylic acids is 1. The number of ether oxygens (including phenoxy) is 1. The van der Waals surface area contributed by atoms with E-state index in [4.69, 9.17) is 16.3 Å². The number of amides is 1. The lowest BCUT2D eigenvalue weighted by atomic mass is 10.1. The van der Waals surface area contributed by atoms with Crippen LogP contribution in [0.25, 0.3) is 0 Å². The molecule has 0 aromatic heterocycles. The molecule has 1 N–H and O–H groups in total. The minimum absolute atomic E-state index is 0.00152. The summed E-state index contributed by atoms with van der Waals surface area (Å²) in [6, 6.07) is 13.5. The summed E-state index contributed by atoms with van der Waals surface area (Å²) < 4.78 is 5.65. The third kappa shape index (κ3) is 5.21. The molecule has 1 unspecified atom stereocenters. The van der Waals surface area contributed by atoms with E-state index in [-0.39, 0.29) is 18.6 Å². The Morgan fingerprint density at radius 3 is 2.56 bits per heavy atom. The van der Waals surface area contributed by atoms with Crippen LogP contribution >= 0.6 is 11.6 Å². The van der Waals surface area contributed by atoms with E-state index in [2.05, 4.69) is 5.32 Å². The topological polar surface area (TPSA) is 41.6 Å². The summed E-state index contributed by atoms with van der Waals surface area (Å²) in [6.07, 6.45) is 0. The number of benzene rings is 2. The zero-order valence-corrected chi connectivity index (χ0v) is 15.9.